The van der Waals surface area contributed by atoms with Crippen molar-refractivity contribution in [3.8, 4) is 11.4 Å². The van der Waals surface area contributed by atoms with E-state index in [1.54, 1.807) is 16.6 Å². The van der Waals surface area contributed by atoms with Crippen LogP contribution in [-0.2, 0) is 0 Å². The predicted molar refractivity (Wildman–Crippen MR) is 73.7 cm³/mol. The van der Waals surface area contributed by atoms with Crippen molar-refractivity contribution >= 4 is 33.2 Å². The van der Waals surface area contributed by atoms with E-state index >= 15 is 0 Å². The standard InChI is InChI=1S/C12H8BrClN4/c1-7-6-8(13)2-3-9(7)12-16-15-11-5-4-10(14)17-18(11)12/h2-6H,1H3. The molecule has 6 heteroatoms. The lowest BCUT2D eigenvalue weighted by Gasteiger charge is -2.04. The van der Waals surface area contributed by atoms with Crippen LogP contribution in [0.15, 0.2) is 34.8 Å². The van der Waals surface area contributed by atoms with Crippen molar-refractivity contribution in [3.05, 3.63) is 45.5 Å². The van der Waals surface area contributed by atoms with Crippen molar-refractivity contribution in [3.63, 3.8) is 0 Å². The predicted octanol–water partition coefficient (Wildman–Crippen LogP) is 3.52. The molecule has 0 atom stereocenters. The van der Waals surface area contributed by atoms with Crippen molar-refractivity contribution in [1.29, 1.82) is 0 Å². The van der Waals surface area contributed by atoms with E-state index < -0.39 is 0 Å². The number of benzene rings is 1. The summed E-state index contributed by atoms with van der Waals surface area (Å²) in [5, 5.41) is 12.9. The molecule has 1 aromatic carbocycles. The molecule has 90 valence electrons. The first-order valence-electron chi connectivity index (χ1n) is 5.29. The summed E-state index contributed by atoms with van der Waals surface area (Å²) < 4.78 is 2.68. The Morgan fingerprint density at radius 3 is 2.78 bits per heavy atom. The maximum absolute atomic E-state index is 5.91. The minimum absolute atomic E-state index is 0.415. The second-order valence-electron chi connectivity index (χ2n) is 3.91. The van der Waals surface area contributed by atoms with Gasteiger partial charge in [-0.15, -0.1) is 10.2 Å². The topological polar surface area (TPSA) is 43.1 Å². The van der Waals surface area contributed by atoms with Crippen LogP contribution in [0.1, 0.15) is 5.56 Å². The van der Waals surface area contributed by atoms with Gasteiger partial charge in [0.05, 0.1) is 0 Å². The Kier molecular flexibility index (Phi) is 2.80. The molecule has 0 saturated heterocycles. The number of halogens is 2. The van der Waals surface area contributed by atoms with Crippen molar-refractivity contribution in [2.75, 3.05) is 0 Å². The Bertz CT molecular complexity index is 738. The number of aromatic nitrogens is 4. The van der Waals surface area contributed by atoms with Gasteiger partial charge in [-0.2, -0.15) is 9.61 Å². The lowest BCUT2D eigenvalue weighted by molar-refractivity contribution is 0.935. The summed E-state index contributed by atoms with van der Waals surface area (Å²) in [6, 6.07) is 9.47. The van der Waals surface area contributed by atoms with Gasteiger partial charge in [0.15, 0.2) is 11.5 Å². The molecular weight excluding hydrogens is 316 g/mol. The van der Waals surface area contributed by atoms with E-state index in [0.29, 0.717) is 16.6 Å². The zero-order valence-corrected chi connectivity index (χ0v) is 11.8. The second-order valence-corrected chi connectivity index (χ2v) is 5.21. The lowest BCUT2D eigenvalue weighted by atomic mass is 10.1. The number of hydrogen-bond donors (Lipinski definition) is 0. The fourth-order valence-electron chi connectivity index (χ4n) is 1.81. The molecule has 0 fully saturated rings. The van der Waals surface area contributed by atoms with Gasteiger partial charge < -0.3 is 0 Å². The maximum atomic E-state index is 5.91. The molecule has 18 heavy (non-hydrogen) atoms. The summed E-state index contributed by atoms with van der Waals surface area (Å²) in [5.41, 5.74) is 2.76. The summed E-state index contributed by atoms with van der Waals surface area (Å²) in [6.07, 6.45) is 0. The molecule has 0 aliphatic heterocycles. The van der Waals surface area contributed by atoms with Gasteiger partial charge in [-0.05, 0) is 42.8 Å². The third-order valence-electron chi connectivity index (χ3n) is 2.66. The fourth-order valence-corrected chi connectivity index (χ4v) is 2.43. The first-order valence-corrected chi connectivity index (χ1v) is 6.47. The Morgan fingerprint density at radius 2 is 2.00 bits per heavy atom. The normalized spacial score (nSPS) is 11.1. The Morgan fingerprint density at radius 1 is 1.17 bits per heavy atom. The van der Waals surface area contributed by atoms with Crippen molar-refractivity contribution in [2.24, 2.45) is 0 Å². The second kappa shape index (κ2) is 4.33. The molecule has 0 unspecified atom stereocenters. The largest absolute Gasteiger partial charge is 0.191 e. The van der Waals surface area contributed by atoms with Crippen LogP contribution in [0.4, 0.5) is 0 Å². The maximum Gasteiger partial charge on any atom is 0.185 e. The molecule has 0 spiro atoms. The first kappa shape index (κ1) is 11.6. The van der Waals surface area contributed by atoms with Gasteiger partial charge in [0.2, 0.25) is 0 Å². The van der Waals surface area contributed by atoms with Crippen molar-refractivity contribution < 1.29 is 0 Å². The molecule has 0 aliphatic carbocycles. The fraction of sp³-hybridized carbons (Fsp3) is 0.0833. The van der Waals surface area contributed by atoms with Crippen LogP contribution in [-0.4, -0.2) is 19.8 Å². The molecule has 4 nitrogen and oxygen atoms in total. The molecule has 0 N–H and O–H groups in total. The third-order valence-corrected chi connectivity index (χ3v) is 3.35. The quantitative estimate of drug-likeness (QED) is 0.688. The number of fused-ring (bicyclic) bond motifs is 1. The van der Waals surface area contributed by atoms with Crippen LogP contribution in [0, 0.1) is 6.92 Å². The van der Waals surface area contributed by atoms with E-state index in [0.717, 1.165) is 15.6 Å². The molecule has 0 aliphatic rings. The van der Waals surface area contributed by atoms with E-state index in [4.69, 9.17) is 11.6 Å². The molecule has 0 amide bonds. The molecule has 3 aromatic rings. The average molecular weight is 324 g/mol. The molecule has 0 radical (unpaired) electrons. The van der Waals surface area contributed by atoms with Crippen molar-refractivity contribution in [1.82, 2.24) is 19.8 Å². The van der Waals surface area contributed by atoms with Crippen LogP contribution in [0.25, 0.3) is 17.0 Å². The number of aryl methyl sites for hydroxylation is 1. The Hall–Kier alpha value is -1.46. The SMILES string of the molecule is Cc1cc(Br)ccc1-c1nnc2ccc(Cl)nn12. The van der Waals surface area contributed by atoms with E-state index in [9.17, 15) is 0 Å². The van der Waals surface area contributed by atoms with Gasteiger partial charge >= 0.3 is 0 Å². The number of nitrogens with zero attached hydrogens (tertiary/aromatic N) is 4. The lowest BCUT2D eigenvalue weighted by Crippen LogP contribution is -1.96. The van der Waals surface area contributed by atoms with Gasteiger partial charge in [0, 0.05) is 10.0 Å². The number of rotatable bonds is 1. The summed E-state index contributed by atoms with van der Waals surface area (Å²) >= 11 is 9.35. The highest BCUT2D eigenvalue weighted by Crippen LogP contribution is 2.25. The van der Waals surface area contributed by atoms with Crippen LogP contribution in [0.5, 0.6) is 0 Å². The molecule has 2 aromatic heterocycles. The molecule has 2 heterocycles. The van der Waals surface area contributed by atoms with Crippen LogP contribution in [0.3, 0.4) is 0 Å². The highest BCUT2D eigenvalue weighted by Gasteiger charge is 2.11. The van der Waals surface area contributed by atoms with Crippen LogP contribution in [0.2, 0.25) is 5.15 Å². The van der Waals surface area contributed by atoms with Gasteiger partial charge in [0.1, 0.15) is 5.15 Å². The van der Waals surface area contributed by atoms with E-state index in [1.807, 2.05) is 25.1 Å². The highest BCUT2D eigenvalue weighted by atomic mass is 79.9. The monoisotopic (exact) mass is 322 g/mol. The summed E-state index contributed by atoms with van der Waals surface area (Å²) in [4.78, 5) is 0. The van der Waals surface area contributed by atoms with Gasteiger partial charge in [-0.1, -0.05) is 27.5 Å². The average Bonchev–Trinajstić information content (AvgIpc) is 2.72. The molecule has 3 rings (SSSR count). The zero-order valence-electron chi connectivity index (χ0n) is 9.43. The Balaban J connectivity index is 2.28. The van der Waals surface area contributed by atoms with E-state index in [1.165, 1.54) is 0 Å². The molecule has 0 bridgehead atoms. The van der Waals surface area contributed by atoms with E-state index in [-0.39, 0.29) is 0 Å². The summed E-state index contributed by atoms with van der Waals surface area (Å²) in [5.74, 6) is 0.692. The zero-order chi connectivity index (χ0) is 12.7. The summed E-state index contributed by atoms with van der Waals surface area (Å²) in [7, 11) is 0. The third kappa shape index (κ3) is 1.89. The van der Waals surface area contributed by atoms with Crippen molar-refractivity contribution in [2.45, 2.75) is 6.92 Å². The summed E-state index contributed by atoms with van der Waals surface area (Å²) in [6.45, 7) is 2.02. The van der Waals surface area contributed by atoms with Crippen LogP contribution < -0.4 is 0 Å². The van der Waals surface area contributed by atoms with Crippen LogP contribution >= 0.6 is 27.5 Å². The van der Waals surface area contributed by atoms with Gasteiger partial charge in [0.25, 0.3) is 0 Å². The molecule has 0 saturated carbocycles. The van der Waals surface area contributed by atoms with E-state index in [2.05, 4.69) is 31.2 Å². The van der Waals surface area contributed by atoms with Gasteiger partial charge in [-0.25, -0.2) is 0 Å². The van der Waals surface area contributed by atoms with Gasteiger partial charge in [-0.3, -0.25) is 0 Å². The first-order chi connectivity index (χ1) is 8.65. The Labute approximate surface area is 117 Å². The molecular formula is C12H8BrClN4. The number of hydrogen-bond acceptors (Lipinski definition) is 3. The smallest absolute Gasteiger partial charge is 0.185 e. The highest BCUT2D eigenvalue weighted by molar-refractivity contribution is 9.10. The minimum atomic E-state index is 0.415. The minimum Gasteiger partial charge on any atom is -0.191 e.